The van der Waals surface area contributed by atoms with E-state index in [0.717, 1.165) is 29.6 Å². The minimum absolute atomic E-state index is 0.550. The van der Waals surface area contributed by atoms with Crippen LogP contribution in [0.5, 0.6) is 0 Å². The van der Waals surface area contributed by atoms with E-state index >= 15 is 0 Å². The third-order valence-corrected chi connectivity index (χ3v) is 3.51. The highest BCUT2D eigenvalue weighted by Gasteiger charge is 2.01. The Kier molecular flexibility index (Phi) is 5.71. The van der Waals surface area contributed by atoms with Gasteiger partial charge in [0.1, 0.15) is 12.1 Å². The van der Waals surface area contributed by atoms with Gasteiger partial charge in [0.25, 0.3) is 0 Å². The molecule has 0 bridgehead atoms. The van der Waals surface area contributed by atoms with Gasteiger partial charge in [0.2, 0.25) is 0 Å². The molecule has 0 saturated carbocycles. The molecule has 0 atom stereocenters. The maximum atomic E-state index is 4.60. The van der Waals surface area contributed by atoms with Crippen LogP contribution in [0.25, 0.3) is 5.82 Å². The molecule has 0 radical (unpaired) electrons. The summed E-state index contributed by atoms with van der Waals surface area (Å²) in [5, 5.41) is 6.52. The second kappa shape index (κ2) is 8.58. The first-order chi connectivity index (χ1) is 12.3. The lowest BCUT2D eigenvalue weighted by Crippen LogP contribution is -2.37. The molecule has 7 heteroatoms. The fourth-order valence-corrected chi connectivity index (χ4v) is 2.25. The lowest BCUT2D eigenvalue weighted by atomic mass is 10.3. The van der Waals surface area contributed by atoms with Crippen molar-refractivity contribution in [1.82, 2.24) is 30.2 Å². The molecule has 7 nitrogen and oxygen atoms in total. The standard InChI is InChI=1S/C18H21N7/c1-2-20-18(24-13-16-5-3-4-8-21-16)23-12-15-6-7-17(22-11-15)25-10-9-19-14-25/h3-11,14H,2,12-13H2,1H3,(H2,20,23,24). The molecule has 3 aromatic rings. The van der Waals surface area contributed by atoms with Gasteiger partial charge in [-0.15, -0.1) is 0 Å². The Morgan fingerprint density at radius 3 is 2.76 bits per heavy atom. The molecule has 3 heterocycles. The molecule has 128 valence electrons. The molecular formula is C18H21N7. The van der Waals surface area contributed by atoms with E-state index in [1.165, 1.54) is 0 Å². The van der Waals surface area contributed by atoms with E-state index in [1.807, 2.05) is 54.2 Å². The predicted octanol–water partition coefficient (Wildman–Crippen LogP) is 1.92. The van der Waals surface area contributed by atoms with Gasteiger partial charge in [-0.1, -0.05) is 12.1 Å². The molecule has 0 saturated heterocycles. The maximum Gasteiger partial charge on any atom is 0.191 e. The van der Waals surface area contributed by atoms with Crippen LogP contribution >= 0.6 is 0 Å². The maximum absolute atomic E-state index is 4.60. The molecule has 0 spiro atoms. The number of aliphatic imine (C=N–C) groups is 1. The number of imidazole rings is 1. The van der Waals surface area contributed by atoms with Crippen LogP contribution in [0.3, 0.4) is 0 Å². The zero-order valence-electron chi connectivity index (χ0n) is 14.1. The summed E-state index contributed by atoms with van der Waals surface area (Å²) < 4.78 is 1.87. The number of pyridine rings is 2. The Bertz CT molecular complexity index is 780. The van der Waals surface area contributed by atoms with Crippen molar-refractivity contribution in [3.05, 3.63) is 72.7 Å². The molecule has 0 aliphatic carbocycles. The van der Waals surface area contributed by atoms with Crippen LogP contribution in [0.15, 0.2) is 66.4 Å². The number of nitrogens with one attached hydrogen (secondary N) is 2. The van der Waals surface area contributed by atoms with Crippen molar-refractivity contribution >= 4 is 5.96 Å². The number of hydrogen-bond donors (Lipinski definition) is 2. The van der Waals surface area contributed by atoms with E-state index in [2.05, 4.69) is 30.6 Å². The largest absolute Gasteiger partial charge is 0.357 e. The zero-order chi connectivity index (χ0) is 17.3. The van der Waals surface area contributed by atoms with Gasteiger partial charge in [-0.2, -0.15) is 0 Å². The Hall–Kier alpha value is -3.22. The second-order valence-electron chi connectivity index (χ2n) is 5.36. The van der Waals surface area contributed by atoms with Crippen molar-refractivity contribution in [2.45, 2.75) is 20.0 Å². The van der Waals surface area contributed by atoms with Gasteiger partial charge in [0.05, 0.1) is 18.8 Å². The van der Waals surface area contributed by atoms with Crippen LogP contribution in [-0.4, -0.2) is 32.0 Å². The van der Waals surface area contributed by atoms with E-state index < -0.39 is 0 Å². The molecule has 0 fully saturated rings. The van der Waals surface area contributed by atoms with Crippen LogP contribution in [0, 0.1) is 0 Å². The smallest absolute Gasteiger partial charge is 0.191 e. The molecule has 0 aromatic carbocycles. The van der Waals surface area contributed by atoms with Crippen LogP contribution < -0.4 is 10.6 Å². The molecule has 3 rings (SSSR count). The highest BCUT2D eigenvalue weighted by Crippen LogP contribution is 2.06. The van der Waals surface area contributed by atoms with Crippen molar-refractivity contribution in [2.24, 2.45) is 4.99 Å². The minimum Gasteiger partial charge on any atom is -0.357 e. The normalized spacial score (nSPS) is 11.3. The zero-order valence-corrected chi connectivity index (χ0v) is 14.1. The van der Waals surface area contributed by atoms with Crippen LogP contribution in [0.4, 0.5) is 0 Å². The first-order valence-electron chi connectivity index (χ1n) is 8.20. The van der Waals surface area contributed by atoms with Crippen LogP contribution in [0.2, 0.25) is 0 Å². The summed E-state index contributed by atoms with van der Waals surface area (Å²) in [5.41, 5.74) is 2.01. The highest BCUT2D eigenvalue weighted by atomic mass is 15.2. The van der Waals surface area contributed by atoms with Crippen molar-refractivity contribution in [1.29, 1.82) is 0 Å². The van der Waals surface area contributed by atoms with Gasteiger partial charge in [0.15, 0.2) is 5.96 Å². The summed E-state index contributed by atoms with van der Waals surface area (Å²) in [7, 11) is 0. The quantitative estimate of drug-likeness (QED) is 0.531. The molecule has 0 aliphatic rings. The number of rotatable bonds is 6. The Labute approximate surface area is 146 Å². The second-order valence-corrected chi connectivity index (χ2v) is 5.36. The average Bonchev–Trinajstić information content (AvgIpc) is 3.20. The van der Waals surface area contributed by atoms with Gasteiger partial charge >= 0.3 is 0 Å². The first-order valence-corrected chi connectivity index (χ1v) is 8.20. The number of aromatic nitrogens is 4. The molecule has 0 aliphatic heterocycles. The third-order valence-electron chi connectivity index (χ3n) is 3.51. The molecule has 25 heavy (non-hydrogen) atoms. The molecule has 0 unspecified atom stereocenters. The monoisotopic (exact) mass is 335 g/mol. The topological polar surface area (TPSA) is 80.0 Å². The SMILES string of the molecule is CCNC(=NCc1ccc(-n2ccnc2)nc1)NCc1ccccn1. The summed E-state index contributed by atoms with van der Waals surface area (Å²) in [6.07, 6.45) is 8.95. The fourth-order valence-electron chi connectivity index (χ4n) is 2.25. The number of guanidine groups is 1. The Balaban J connectivity index is 1.60. The van der Waals surface area contributed by atoms with Crippen LogP contribution in [0.1, 0.15) is 18.2 Å². The summed E-state index contributed by atoms with van der Waals surface area (Å²) in [6.45, 7) is 4.02. The van der Waals surface area contributed by atoms with Crippen LogP contribution in [-0.2, 0) is 13.1 Å². The predicted molar refractivity (Wildman–Crippen MR) is 97.3 cm³/mol. The summed E-state index contributed by atoms with van der Waals surface area (Å²) in [6, 6.07) is 9.84. The van der Waals surface area contributed by atoms with Crippen molar-refractivity contribution in [3.8, 4) is 5.82 Å². The lowest BCUT2D eigenvalue weighted by molar-refractivity contribution is 0.799. The molecule has 0 amide bonds. The van der Waals surface area contributed by atoms with Gasteiger partial charge in [-0.25, -0.2) is 15.0 Å². The van der Waals surface area contributed by atoms with Gasteiger partial charge < -0.3 is 10.6 Å². The number of nitrogens with zero attached hydrogens (tertiary/aromatic N) is 5. The van der Waals surface area contributed by atoms with Crippen molar-refractivity contribution in [2.75, 3.05) is 6.54 Å². The first kappa shape index (κ1) is 16.6. The van der Waals surface area contributed by atoms with E-state index in [1.54, 1.807) is 18.7 Å². The lowest BCUT2D eigenvalue weighted by Gasteiger charge is -2.11. The summed E-state index contributed by atoms with van der Waals surface area (Å²) in [4.78, 5) is 17.4. The molecule has 2 N–H and O–H groups in total. The van der Waals surface area contributed by atoms with E-state index in [9.17, 15) is 0 Å². The van der Waals surface area contributed by atoms with Gasteiger partial charge in [-0.05, 0) is 30.7 Å². The molecule has 3 aromatic heterocycles. The summed E-state index contributed by atoms with van der Waals surface area (Å²) in [5.74, 6) is 1.59. The van der Waals surface area contributed by atoms with Crippen molar-refractivity contribution < 1.29 is 0 Å². The summed E-state index contributed by atoms with van der Waals surface area (Å²) >= 11 is 0. The van der Waals surface area contributed by atoms with E-state index in [4.69, 9.17) is 0 Å². The Morgan fingerprint density at radius 2 is 2.08 bits per heavy atom. The average molecular weight is 335 g/mol. The third kappa shape index (κ3) is 4.87. The van der Waals surface area contributed by atoms with E-state index in [-0.39, 0.29) is 0 Å². The highest BCUT2D eigenvalue weighted by molar-refractivity contribution is 5.79. The number of hydrogen-bond acceptors (Lipinski definition) is 4. The van der Waals surface area contributed by atoms with E-state index in [0.29, 0.717) is 13.1 Å². The van der Waals surface area contributed by atoms with Gasteiger partial charge in [-0.3, -0.25) is 9.55 Å². The fraction of sp³-hybridized carbons (Fsp3) is 0.222. The minimum atomic E-state index is 0.550. The molecular weight excluding hydrogens is 314 g/mol. The van der Waals surface area contributed by atoms with Crippen molar-refractivity contribution in [3.63, 3.8) is 0 Å². The Morgan fingerprint density at radius 1 is 1.12 bits per heavy atom. The van der Waals surface area contributed by atoms with Gasteiger partial charge in [0, 0.05) is 31.3 Å².